The maximum absolute atomic E-state index is 13.3. The summed E-state index contributed by atoms with van der Waals surface area (Å²) in [7, 11) is 1.60. The van der Waals surface area contributed by atoms with Crippen LogP contribution in [0.1, 0.15) is 22.5 Å². The number of benzene rings is 2. The Kier molecular flexibility index (Phi) is 5.82. The molecular formula is C25H22ClN3O4. The van der Waals surface area contributed by atoms with Crippen LogP contribution in [-0.2, 0) is 9.59 Å². The summed E-state index contributed by atoms with van der Waals surface area (Å²) >= 11 is 6.18. The monoisotopic (exact) mass is 463 g/mol. The van der Waals surface area contributed by atoms with E-state index in [1.54, 1.807) is 32.2 Å². The van der Waals surface area contributed by atoms with Crippen LogP contribution in [0.4, 0.5) is 10.5 Å². The average Bonchev–Trinajstić information content (AvgIpc) is 3.06. The van der Waals surface area contributed by atoms with Crippen molar-refractivity contribution in [2.45, 2.75) is 20.8 Å². The Morgan fingerprint density at radius 3 is 2.45 bits per heavy atom. The molecule has 1 aliphatic heterocycles. The van der Waals surface area contributed by atoms with E-state index in [0.29, 0.717) is 27.6 Å². The standard InChI is InChI=1S/C25H22ClN3O4/c1-14-11-17(16(3)28(14)18-7-5-8-19(13-18)33-4)12-20-23(30)27-25(32)29(24(20)31)22-10-6-9-21(26)15(22)2/h5-13H,1-4H3,(H,27,30,32)/b20-12-. The minimum atomic E-state index is -0.811. The lowest BCUT2D eigenvalue weighted by atomic mass is 10.1. The van der Waals surface area contributed by atoms with Gasteiger partial charge in [0.05, 0.1) is 12.8 Å². The minimum absolute atomic E-state index is 0.139. The molecule has 4 amide bonds. The zero-order chi connectivity index (χ0) is 23.9. The van der Waals surface area contributed by atoms with Gasteiger partial charge in [0.2, 0.25) is 0 Å². The summed E-state index contributed by atoms with van der Waals surface area (Å²) in [6, 6.07) is 13.6. The number of rotatable bonds is 4. The predicted molar refractivity (Wildman–Crippen MR) is 127 cm³/mol. The number of barbiturate groups is 1. The van der Waals surface area contributed by atoms with E-state index in [1.165, 1.54) is 6.08 Å². The topological polar surface area (TPSA) is 80.6 Å². The largest absolute Gasteiger partial charge is 0.497 e. The van der Waals surface area contributed by atoms with Gasteiger partial charge in [-0.15, -0.1) is 0 Å². The van der Waals surface area contributed by atoms with E-state index in [9.17, 15) is 14.4 Å². The molecule has 168 valence electrons. The number of hydrogen-bond acceptors (Lipinski definition) is 4. The molecule has 0 spiro atoms. The molecule has 8 heteroatoms. The highest BCUT2D eigenvalue weighted by atomic mass is 35.5. The van der Waals surface area contributed by atoms with Crippen LogP contribution in [-0.4, -0.2) is 29.5 Å². The third-order valence-electron chi connectivity index (χ3n) is 5.66. The molecule has 7 nitrogen and oxygen atoms in total. The van der Waals surface area contributed by atoms with Crippen molar-refractivity contribution in [3.05, 3.63) is 81.6 Å². The first kappa shape index (κ1) is 22.4. The van der Waals surface area contributed by atoms with E-state index >= 15 is 0 Å². The number of methoxy groups -OCH3 is 1. The molecule has 1 aromatic heterocycles. The van der Waals surface area contributed by atoms with Crippen molar-refractivity contribution in [2.24, 2.45) is 0 Å². The Balaban J connectivity index is 1.78. The van der Waals surface area contributed by atoms with E-state index in [4.69, 9.17) is 16.3 Å². The molecule has 33 heavy (non-hydrogen) atoms. The number of halogens is 1. The van der Waals surface area contributed by atoms with E-state index < -0.39 is 17.8 Å². The summed E-state index contributed by atoms with van der Waals surface area (Å²) in [5.41, 5.74) is 4.06. The lowest BCUT2D eigenvalue weighted by Gasteiger charge is -2.27. The molecule has 0 aliphatic carbocycles. The molecule has 0 bridgehead atoms. The van der Waals surface area contributed by atoms with Crippen molar-refractivity contribution in [3.8, 4) is 11.4 Å². The number of ether oxygens (including phenoxy) is 1. The van der Waals surface area contributed by atoms with Gasteiger partial charge in [0, 0.05) is 28.2 Å². The number of aryl methyl sites for hydroxylation is 1. The molecule has 1 N–H and O–H groups in total. The SMILES string of the molecule is COc1cccc(-n2c(C)cc(/C=C3/C(=O)NC(=O)N(c4cccc(Cl)c4C)C3=O)c2C)c1. The Bertz CT molecular complexity index is 1340. The Morgan fingerprint density at radius 1 is 1.00 bits per heavy atom. The average molecular weight is 464 g/mol. The van der Waals surface area contributed by atoms with E-state index in [2.05, 4.69) is 5.32 Å². The van der Waals surface area contributed by atoms with Crippen LogP contribution in [0.3, 0.4) is 0 Å². The molecular weight excluding hydrogens is 442 g/mol. The van der Waals surface area contributed by atoms with Crippen LogP contribution in [0.15, 0.2) is 54.1 Å². The fourth-order valence-electron chi connectivity index (χ4n) is 3.95. The van der Waals surface area contributed by atoms with Crippen LogP contribution in [0.2, 0.25) is 5.02 Å². The molecule has 2 aromatic carbocycles. The van der Waals surface area contributed by atoms with Gasteiger partial charge in [-0.1, -0.05) is 23.7 Å². The first-order valence-electron chi connectivity index (χ1n) is 10.2. The number of aromatic nitrogens is 1. The zero-order valence-electron chi connectivity index (χ0n) is 18.6. The number of carbonyl (C=O) groups is 3. The summed E-state index contributed by atoms with van der Waals surface area (Å²) in [4.78, 5) is 39.4. The minimum Gasteiger partial charge on any atom is -0.497 e. The molecule has 0 saturated carbocycles. The van der Waals surface area contributed by atoms with Crippen molar-refractivity contribution < 1.29 is 19.1 Å². The first-order chi connectivity index (χ1) is 15.7. The van der Waals surface area contributed by atoms with Crippen molar-refractivity contribution in [3.63, 3.8) is 0 Å². The second kappa shape index (κ2) is 8.60. The molecule has 4 rings (SSSR count). The summed E-state index contributed by atoms with van der Waals surface area (Å²) in [6.07, 6.45) is 1.51. The highest BCUT2D eigenvalue weighted by Crippen LogP contribution is 2.30. The van der Waals surface area contributed by atoms with Gasteiger partial charge in [-0.25, -0.2) is 9.69 Å². The lowest BCUT2D eigenvalue weighted by Crippen LogP contribution is -2.54. The Hall–Kier alpha value is -3.84. The van der Waals surface area contributed by atoms with Crippen LogP contribution >= 0.6 is 11.6 Å². The maximum Gasteiger partial charge on any atom is 0.335 e. The van der Waals surface area contributed by atoms with Gasteiger partial charge in [-0.05, 0) is 68.3 Å². The predicted octanol–water partition coefficient (Wildman–Crippen LogP) is 4.73. The van der Waals surface area contributed by atoms with Gasteiger partial charge in [-0.3, -0.25) is 14.9 Å². The summed E-state index contributed by atoms with van der Waals surface area (Å²) in [5, 5.41) is 2.67. The van der Waals surface area contributed by atoms with Crippen molar-refractivity contribution >= 4 is 41.2 Å². The van der Waals surface area contributed by atoms with Gasteiger partial charge >= 0.3 is 6.03 Å². The van der Waals surface area contributed by atoms with Gasteiger partial charge in [0.15, 0.2) is 0 Å². The summed E-state index contributed by atoms with van der Waals surface area (Å²) in [5.74, 6) is -0.736. The number of amides is 4. The summed E-state index contributed by atoms with van der Waals surface area (Å²) < 4.78 is 7.33. The van der Waals surface area contributed by atoms with Crippen LogP contribution in [0.25, 0.3) is 11.8 Å². The van der Waals surface area contributed by atoms with Gasteiger partial charge < -0.3 is 9.30 Å². The number of imide groups is 2. The quantitative estimate of drug-likeness (QED) is 0.448. The second-order valence-electron chi connectivity index (χ2n) is 7.71. The molecule has 0 atom stereocenters. The van der Waals surface area contributed by atoms with Crippen LogP contribution in [0.5, 0.6) is 5.75 Å². The normalized spacial score (nSPS) is 15.2. The fourth-order valence-corrected chi connectivity index (χ4v) is 4.12. The van der Waals surface area contributed by atoms with Crippen molar-refractivity contribution in [1.29, 1.82) is 0 Å². The Labute approximate surface area is 196 Å². The molecule has 3 aromatic rings. The highest BCUT2D eigenvalue weighted by molar-refractivity contribution is 6.40. The number of nitrogens with one attached hydrogen (secondary N) is 1. The van der Waals surface area contributed by atoms with Crippen molar-refractivity contribution in [2.75, 3.05) is 12.0 Å². The third kappa shape index (κ3) is 3.91. The first-order valence-corrected chi connectivity index (χ1v) is 10.6. The van der Waals surface area contributed by atoms with Crippen molar-refractivity contribution in [1.82, 2.24) is 9.88 Å². The summed E-state index contributed by atoms with van der Waals surface area (Å²) in [6.45, 7) is 5.54. The van der Waals surface area contributed by atoms with E-state index in [-0.39, 0.29) is 5.57 Å². The molecule has 1 saturated heterocycles. The van der Waals surface area contributed by atoms with Crippen LogP contribution in [0, 0.1) is 20.8 Å². The van der Waals surface area contributed by atoms with E-state index in [1.807, 2.05) is 48.7 Å². The van der Waals surface area contributed by atoms with Gasteiger partial charge in [0.25, 0.3) is 11.8 Å². The molecule has 0 unspecified atom stereocenters. The van der Waals surface area contributed by atoms with Gasteiger partial charge in [-0.2, -0.15) is 0 Å². The van der Waals surface area contributed by atoms with Crippen LogP contribution < -0.4 is 15.0 Å². The molecule has 1 fully saturated rings. The fraction of sp³-hybridized carbons (Fsp3) is 0.160. The number of carbonyl (C=O) groups excluding carboxylic acids is 3. The number of urea groups is 1. The van der Waals surface area contributed by atoms with Gasteiger partial charge in [0.1, 0.15) is 11.3 Å². The molecule has 2 heterocycles. The van der Waals surface area contributed by atoms with E-state index in [0.717, 1.165) is 22.0 Å². The maximum atomic E-state index is 13.3. The number of nitrogens with zero attached hydrogens (tertiary/aromatic N) is 2. The highest BCUT2D eigenvalue weighted by Gasteiger charge is 2.37. The number of hydrogen-bond donors (Lipinski definition) is 1. The third-order valence-corrected chi connectivity index (χ3v) is 6.07. The molecule has 0 radical (unpaired) electrons. The second-order valence-corrected chi connectivity index (χ2v) is 8.11. The lowest BCUT2D eigenvalue weighted by molar-refractivity contribution is -0.122. The number of anilines is 1. The Morgan fingerprint density at radius 2 is 1.73 bits per heavy atom. The molecule has 1 aliphatic rings. The zero-order valence-corrected chi connectivity index (χ0v) is 19.4. The smallest absolute Gasteiger partial charge is 0.335 e.